The Bertz CT molecular complexity index is 556. The maximum Gasteiger partial charge on any atom is 0.270 e. The topological polar surface area (TPSA) is 48.1 Å². The van der Waals surface area contributed by atoms with Gasteiger partial charge < -0.3 is 15.2 Å². The summed E-state index contributed by atoms with van der Waals surface area (Å²) >= 11 is 0. The molecule has 98 valence electrons. The molecule has 0 aliphatic carbocycles. The molecule has 0 spiro atoms. The van der Waals surface area contributed by atoms with Crippen molar-refractivity contribution in [2.45, 2.75) is 0 Å². The van der Waals surface area contributed by atoms with E-state index in [0.29, 0.717) is 5.69 Å². The number of hydrogen-bond acceptors (Lipinski definition) is 2. The molecule has 0 atom stereocenters. The van der Waals surface area contributed by atoms with Crippen LogP contribution < -0.4 is 5.32 Å². The summed E-state index contributed by atoms with van der Waals surface area (Å²) in [5.41, 5.74) is 2.74. The number of amides is 1. The number of aromatic amines is 1. The van der Waals surface area contributed by atoms with Crippen LogP contribution in [0.25, 0.3) is 11.1 Å². The van der Waals surface area contributed by atoms with Crippen LogP contribution in [0.2, 0.25) is 0 Å². The molecule has 1 aromatic heterocycles. The Hall–Kier alpha value is -2.07. The second-order valence-electron chi connectivity index (χ2n) is 4.67. The molecule has 2 N–H and O–H groups in total. The third kappa shape index (κ3) is 2.39. The molecule has 2 heterocycles. The minimum absolute atomic E-state index is 0.0883. The van der Waals surface area contributed by atoms with Gasteiger partial charge in [-0.2, -0.15) is 0 Å². The van der Waals surface area contributed by atoms with Gasteiger partial charge in [-0.25, -0.2) is 0 Å². The molecular weight excluding hydrogens is 238 g/mol. The molecule has 1 amide bonds. The fourth-order valence-electron chi connectivity index (χ4n) is 2.43. The Morgan fingerprint density at radius 2 is 1.79 bits per heavy atom. The first-order chi connectivity index (χ1) is 9.36. The molecule has 0 bridgehead atoms. The van der Waals surface area contributed by atoms with Gasteiger partial charge in [-0.1, -0.05) is 30.3 Å². The van der Waals surface area contributed by atoms with Crippen LogP contribution in [-0.2, 0) is 0 Å². The van der Waals surface area contributed by atoms with Crippen molar-refractivity contribution in [3.63, 3.8) is 0 Å². The predicted molar refractivity (Wildman–Crippen MR) is 75.0 cm³/mol. The number of rotatable bonds is 2. The maximum absolute atomic E-state index is 12.5. The van der Waals surface area contributed by atoms with Crippen molar-refractivity contribution in [1.29, 1.82) is 0 Å². The first-order valence-electron chi connectivity index (χ1n) is 6.59. The second kappa shape index (κ2) is 5.28. The van der Waals surface area contributed by atoms with Crippen LogP contribution in [0.3, 0.4) is 0 Å². The van der Waals surface area contributed by atoms with Crippen LogP contribution in [0.15, 0.2) is 42.6 Å². The first kappa shape index (κ1) is 12.0. The normalized spacial score (nSPS) is 15.5. The molecule has 1 aliphatic rings. The number of carbonyl (C=O) groups excluding carboxylic acids is 1. The Balaban J connectivity index is 1.89. The second-order valence-corrected chi connectivity index (χ2v) is 4.67. The highest BCUT2D eigenvalue weighted by molar-refractivity contribution is 5.99. The molecular formula is C15H17N3O. The number of aromatic nitrogens is 1. The van der Waals surface area contributed by atoms with Crippen molar-refractivity contribution in [3.05, 3.63) is 48.3 Å². The van der Waals surface area contributed by atoms with E-state index in [0.717, 1.165) is 37.3 Å². The van der Waals surface area contributed by atoms with E-state index in [1.165, 1.54) is 0 Å². The lowest BCUT2D eigenvalue weighted by molar-refractivity contribution is 0.0731. The Morgan fingerprint density at radius 1 is 1.05 bits per heavy atom. The zero-order valence-corrected chi connectivity index (χ0v) is 10.7. The minimum Gasteiger partial charge on any atom is -0.357 e. The van der Waals surface area contributed by atoms with Gasteiger partial charge in [0.2, 0.25) is 0 Å². The van der Waals surface area contributed by atoms with Crippen molar-refractivity contribution < 1.29 is 4.79 Å². The third-order valence-electron chi connectivity index (χ3n) is 3.45. The van der Waals surface area contributed by atoms with E-state index in [9.17, 15) is 4.79 Å². The van der Waals surface area contributed by atoms with Gasteiger partial charge in [-0.3, -0.25) is 4.79 Å². The Morgan fingerprint density at radius 3 is 2.53 bits per heavy atom. The van der Waals surface area contributed by atoms with Gasteiger partial charge in [0.25, 0.3) is 5.91 Å². The van der Waals surface area contributed by atoms with E-state index >= 15 is 0 Å². The van der Waals surface area contributed by atoms with Crippen LogP contribution in [0.4, 0.5) is 0 Å². The highest BCUT2D eigenvalue weighted by Gasteiger charge is 2.21. The van der Waals surface area contributed by atoms with Crippen LogP contribution in [0.1, 0.15) is 10.5 Å². The molecule has 0 radical (unpaired) electrons. The van der Waals surface area contributed by atoms with Crippen LogP contribution in [0.5, 0.6) is 0 Å². The van der Waals surface area contributed by atoms with Crippen LogP contribution in [-0.4, -0.2) is 42.0 Å². The molecule has 19 heavy (non-hydrogen) atoms. The fourth-order valence-corrected chi connectivity index (χ4v) is 2.43. The SMILES string of the molecule is O=C(c1[nH]ccc1-c1ccccc1)N1CCNCC1. The summed E-state index contributed by atoms with van der Waals surface area (Å²) in [5, 5.41) is 3.26. The molecule has 1 aromatic carbocycles. The van der Waals surface area contributed by atoms with Crippen molar-refractivity contribution in [1.82, 2.24) is 15.2 Å². The fraction of sp³-hybridized carbons (Fsp3) is 0.267. The summed E-state index contributed by atoms with van der Waals surface area (Å²) in [6.45, 7) is 3.28. The van der Waals surface area contributed by atoms with Gasteiger partial charge in [0.1, 0.15) is 5.69 Å². The molecule has 1 saturated heterocycles. The Kier molecular flexibility index (Phi) is 3.33. The lowest BCUT2D eigenvalue weighted by Gasteiger charge is -2.27. The van der Waals surface area contributed by atoms with Gasteiger partial charge in [0.15, 0.2) is 0 Å². The number of nitrogens with zero attached hydrogens (tertiary/aromatic N) is 1. The average Bonchev–Trinajstić information content (AvgIpc) is 2.98. The zero-order chi connectivity index (χ0) is 13.1. The largest absolute Gasteiger partial charge is 0.357 e. The summed E-state index contributed by atoms with van der Waals surface area (Å²) in [5.74, 6) is 0.0883. The summed E-state index contributed by atoms with van der Waals surface area (Å²) < 4.78 is 0. The summed E-state index contributed by atoms with van der Waals surface area (Å²) in [7, 11) is 0. The van der Waals surface area contributed by atoms with Crippen LogP contribution in [0, 0.1) is 0 Å². The molecule has 4 heteroatoms. The number of H-pyrrole nitrogens is 1. The van der Waals surface area contributed by atoms with Crippen molar-refractivity contribution >= 4 is 5.91 Å². The van der Waals surface area contributed by atoms with Gasteiger partial charge in [0, 0.05) is 37.9 Å². The highest BCUT2D eigenvalue weighted by atomic mass is 16.2. The number of benzene rings is 1. The van der Waals surface area contributed by atoms with Gasteiger partial charge >= 0.3 is 0 Å². The standard InChI is InChI=1S/C15H17N3O/c19-15(18-10-8-16-9-11-18)14-13(6-7-17-14)12-4-2-1-3-5-12/h1-7,16-17H,8-11H2. The van der Waals surface area contributed by atoms with E-state index in [4.69, 9.17) is 0 Å². The molecule has 0 unspecified atom stereocenters. The quantitative estimate of drug-likeness (QED) is 0.858. The maximum atomic E-state index is 12.5. The monoisotopic (exact) mass is 255 g/mol. The number of piperazine rings is 1. The summed E-state index contributed by atoms with van der Waals surface area (Å²) in [4.78, 5) is 17.5. The van der Waals surface area contributed by atoms with Gasteiger partial charge in [0.05, 0.1) is 0 Å². The van der Waals surface area contributed by atoms with E-state index in [2.05, 4.69) is 10.3 Å². The van der Waals surface area contributed by atoms with Gasteiger partial charge in [-0.15, -0.1) is 0 Å². The minimum atomic E-state index is 0.0883. The molecule has 2 aromatic rings. The lowest BCUT2D eigenvalue weighted by atomic mass is 10.1. The number of nitrogens with one attached hydrogen (secondary N) is 2. The molecule has 1 fully saturated rings. The van der Waals surface area contributed by atoms with Crippen molar-refractivity contribution in [2.24, 2.45) is 0 Å². The molecule has 0 saturated carbocycles. The first-order valence-corrected chi connectivity index (χ1v) is 6.59. The zero-order valence-electron chi connectivity index (χ0n) is 10.7. The summed E-state index contributed by atoms with van der Waals surface area (Å²) in [6, 6.07) is 12.0. The summed E-state index contributed by atoms with van der Waals surface area (Å²) in [6.07, 6.45) is 1.83. The van der Waals surface area contributed by atoms with Crippen molar-refractivity contribution in [3.8, 4) is 11.1 Å². The smallest absolute Gasteiger partial charge is 0.270 e. The van der Waals surface area contributed by atoms with E-state index in [1.807, 2.05) is 47.5 Å². The predicted octanol–water partition coefficient (Wildman–Crippen LogP) is 1.73. The average molecular weight is 255 g/mol. The molecule has 4 nitrogen and oxygen atoms in total. The van der Waals surface area contributed by atoms with Crippen molar-refractivity contribution in [2.75, 3.05) is 26.2 Å². The Labute approximate surface area is 112 Å². The van der Waals surface area contributed by atoms with E-state index in [1.54, 1.807) is 0 Å². The van der Waals surface area contributed by atoms with Crippen LogP contribution >= 0.6 is 0 Å². The number of hydrogen-bond donors (Lipinski definition) is 2. The molecule has 1 aliphatic heterocycles. The lowest BCUT2D eigenvalue weighted by Crippen LogP contribution is -2.46. The highest BCUT2D eigenvalue weighted by Crippen LogP contribution is 2.23. The van der Waals surface area contributed by atoms with E-state index in [-0.39, 0.29) is 5.91 Å². The number of carbonyl (C=O) groups is 1. The third-order valence-corrected chi connectivity index (χ3v) is 3.45. The van der Waals surface area contributed by atoms with Gasteiger partial charge in [-0.05, 0) is 11.6 Å². The van der Waals surface area contributed by atoms with E-state index < -0.39 is 0 Å². The molecule has 3 rings (SSSR count).